The Kier molecular flexibility index (Phi) is 4.80. The number of carbonyl (C=O) groups is 1. The Hall–Kier alpha value is -2.41. The summed E-state index contributed by atoms with van der Waals surface area (Å²) in [6.45, 7) is 2.53. The maximum atomic E-state index is 13.2. The lowest BCUT2D eigenvalue weighted by Gasteiger charge is -2.25. The van der Waals surface area contributed by atoms with Crippen LogP contribution in [-0.4, -0.2) is 28.5 Å². The molecule has 6 nitrogen and oxygen atoms in total. The molecule has 2 N–H and O–H groups in total. The number of nitrogens with one attached hydrogen (secondary N) is 2. The molecule has 0 unspecified atom stereocenters. The van der Waals surface area contributed by atoms with E-state index in [0.29, 0.717) is 12.4 Å². The van der Waals surface area contributed by atoms with E-state index >= 15 is 0 Å². The summed E-state index contributed by atoms with van der Waals surface area (Å²) in [5, 5.41) is 9.92. The van der Waals surface area contributed by atoms with Crippen molar-refractivity contribution in [1.82, 2.24) is 15.1 Å². The van der Waals surface area contributed by atoms with E-state index in [2.05, 4.69) is 15.7 Å². The number of nitrogens with zero attached hydrogens (tertiary/aromatic N) is 2. The van der Waals surface area contributed by atoms with Gasteiger partial charge in [-0.25, -0.2) is 9.18 Å². The molecule has 2 atom stereocenters. The van der Waals surface area contributed by atoms with Gasteiger partial charge in [0.25, 0.3) is 0 Å². The third-order valence-electron chi connectivity index (χ3n) is 4.10. The second kappa shape index (κ2) is 7.00. The zero-order valence-corrected chi connectivity index (χ0v) is 13.8. The lowest BCUT2D eigenvalue weighted by Crippen LogP contribution is -2.39. The van der Waals surface area contributed by atoms with Crippen molar-refractivity contribution in [3.63, 3.8) is 0 Å². The predicted octanol–water partition coefficient (Wildman–Crippen LogP) is 2.91. The van der Waals surface area contributed by atoms with E-state index in [1.54, 1.807) is 29.9 Å². The van der Waals surface area contributed by atoms with Gasteiger partial charge in [0, 0.05) is 19.7 Å². The fraction of sp³-hybridized carbons (Fsp3) is 0.412. The van der Waals surface area contributed by atoms with Crippen LogP contribution in [-0.2, 0) is 11.8 Å². The van der Waals surface area contributed by atoms with E-state index in [9.17, 15) is 9.18 Å². The number of rotatable bonds is 4. The highest BCUT2D eigenvalue weighted by molar-refractivity contribution is 5.88. The van der Waals surface area contributed by atoms with Crippen LogP contribution in [0, 0.1) is 12.7 Å². The van der Waals surface area contributed by atoms with Crippen LogP contribution in [0.4, 0.5) is 15.0 Å². The van der Waals surface area contributed by atoms with Crippen molar-refractivity contribution in [1.29, 1.82) is 0 Å². The van der Waals surface area contributed by atoms with Crippen molar-refractivity contribution < 1.29 is 13.9 Å². The summed E-state index contributed by atoms with van der Waals surface area (Å²) in [6.07, 6.45) is 1.69. The van der Waals surface area contributed by atoms with Crippen molar-refractivity contribution in [2.75, 3.05) is 11.9 Å². The van der Waals surface area contributed by atoms with Gasteiger partial charge in [0.2, 0.25) is 0 Å². The number of urea groups is 1. The minimum absolute atomic E-state index is 0.116. The number of halogens is 1. The van der Waals surface area contributed by atoms with Gasteiger partial charge >= 0.3 is 6.03 Å². The number of benzene rings is 1. The maximum absolute atomic E-state index is 13.2. The minimum Gasteiger partial charge on any atom is -0.376 e. The summed E-state index contributed by atoms with van der Waals surface area (Å²) in [5.74, 6) is 0.301. The molecule has 1 aliphatic heterocycles. The van der Waals surface area contributed by atoms with Crippen molar-refractivity contribution >= 4 is 11.8 Å². The molecule has 1 aromatic heterocycles. The number of carbonyl (C=O) groups excluding carboxylic acids is 1. The molecule has 24 heavy (non-hydrogen) atoms. The van der Waals surface area contributed by atoms with Crippen molar-refractivity contribution in [3.8, 4) is 0 Å². The molecule has 1 fully saturated rings. The first-order valence-electron chi connectivity index (χ1n) is 7.98. The third-order valence-corrected chi connectivity index (χ3v) is 4.10. The Morgan fingerprint density at radius 2 is 2.17 bits per heavy atom. The molecule has 2 heterocycles. The number of amides is 2. The Morgan fingerprint density at radius 1 is 1.42 bits per heavy atom. The number of hydrogen-bond acceptors (Lipinski definition) is 3. The molecule has 3 rings (SSSR count). The Morgan fingerprint density at radius 3 is 2.75 bits per heavy atom. The van der Waals surface area contributed by atoms with Crippen LogP contribution in [0.15, 0.2) is 30.3 Å². The van der Waals surface area contributed by atoms with E-state index in [1.165, 1.54) is 12.1 Å². The SMILES string of the molecule is Cc1cc(NC(=O)N[C@H](c2ccc(F)cc2)[C@@H]2CCCO2)n(C)n1. The molecule has 7 heteroatoms. The molecular formula is C17H21FN4O2. The van der Waals surface area contributed by atoms with Crippen LogP contribution in [0.25, 0.3) is 0 Å². The maximum Gasteiger partial charge on any atom is 0.320 e. The van der Waals surface area contributed by atoms with Crippen LogP contribution < -0.4 is 10.6 Å². The van der Waals surface area contributed by atoms with E-state index in [-0.39, 0.29) is 24.0 Å². The number of anilines is 1. The van der Waals surface area contributed by atoms with Gasteiger partial charge in [-0.3, -0.25) is 10.00 Å². The topological polar surface area (TPSA) is 68.2 Å². The second-order valence-electron chi connectivity index (χ2n) is 5.97. The zero-order valence-electron chi connectivity index (χ0n) is 13.8. The summed E-state index contributed by atoms with van der Waals surface area (Å²) in [4.78, 5) is 12.4. The molecule has 1 aromatic carbocycles. The van der Waals surface area contributed by atoms with Gasteiger partial charge in [0.1, 0.15) is 11.6 Å². The quantitative estimate of drug-likeness (QED) is 0.904. The van der Waals surface area contributed by atoms with Gasteiger partial charge in [0.05, 0.1) is 17.8 Å². The lowest BCUT2D eigenvalue weighted by molar-refractivity contribution is 0.0815. The summed E-state index contributed by atoms with van der Waals surface area (Å²) in [5.41, 5.74) is 1.64. The van der Waals surface area contributed by atoms with Crippen LogP contribution in [0.1, 0.15) is 30.1 Å². The largest absolute Gasteiger partial charge is 0.376 e. The molecular weight excluding hydrogens is 311 g/mol. The highest BCUT2D eigenvalue weighted by atomic mass is 19.1. The Labute approximate surface area is 140 Å². The first-order valence-corrected chi connectivity index (χ1v) is 7.98. The molecule has 2 amide bonds. The third kappa shape index (κ3) is 3.73. The first-order chi connectivity index (χ1) is 11.5. The van der Waals surface area contributed by atoms with E-state index < -0.39 is 0 Å². The van der Waals surface area contributed by atoms with Crippen LogP contribution in [0.5, 0.6) is 0 Å². The molecule has 0 radical (unpaired) electrons. The molecule has 0 spiro atoms. The van der Waals surface area contributed by atoms with Gasteiger partial charge < -0.3 is 10.1 Å². The summed E-state index contributed by atoms with van der Waals surface area (Å²) in [7, 11) is 1.76. The highest BCUT2D eigenvalue weighted by Crippen LogP contribution is 2.27. The fourth-order valence-corrected chi connectivity index (χ4v) is 2.95. The van der Waals surface area contributed by atoms with Gasteiger partial charge in [-0.05, 0) is 37.5 Å². The monoisotopic (exact) mass is 332 g/mol. The highest BCUT2D eigenvalue weighted by Gasteiger charge is 2.29. The first kappa shape index (κ1) is 16.4. The van der Waals surface area contributed by atoms with Crippen molar-refractivity contribution in [2.45, 2.75) is 31.9 Å². The number of ether oxygens (including phenoxy) is 1. The van der Waals surface area contributed by atoms with Gasteiger partial charge in [-0.1, -0.05) is 12.1 Å². The molecule has 1 saturated heterocycles. The van der Waals surface area contributed by atoms with Crippen LogP contribution in [0.2, 0.25) is 0 Å². The molecule has 128 valence electrons. The van der Waals surface area contributed by atoms with Crippen molar-refractivity contribution in [2.24, 2.45) is 7.05 Å². The molecule has 2 aromatic rings. The number of aromatic nitrogens is 2. The zero-order chi connectivity index (χ0) is 17.1. The predicted molar refractivity (Wildman–Crippen MR) is 88.2 cm³/mol. The molecule has 0 aliphatic carbocycles. The Balaban J connectivity index is 1.74. The van der Waals surface area contributed by atoms with Crippen LogP contribution >= 0.6 is 0 Å². The van der Waals surface area contributed by atoms with E-state index in [0.717, 1.165) is 24.1 Å². The average molecular weight is 332 g/mol. The molecule has 1 aliphatic rings. The smallest absolute Gasteiger partial charge is 0.320 e. The molecule has 0 saturated carbocycles. The van der Waals surface area contributed by atoms with E-state index in [4.69, 9.17) is 4.74 Å². The lowest BCUT2D eigenvalue weighted by atomic mass is 9.99. The van der Waals surface area contributed by atoms with E-state index in [1.807, 2.05) is 6.92 Å². The summed E-state index contributed by atoms with van der Waals surface area (Å²) >= 11 is 0. The van der Waals surface area contributed by atoms with Gasteiger partial charge in [0.15, 0.2) is 0 Å². The van der Waals surface area contributed by atoms with Crippen molar-refractivity contribution in [3.05, 3.63) is 47.4 Å². The number of aryl methyl sites for hydroxylation is 2. The second-order valence-corrected chi connectivity index (χ2v) is 5.97. The molecule has 0 bridgehead atoms. The standard InChI is InChI=1S/C17H21FN4O2/c1-11-10-15(22(2)21-11)19-17(23)20-16(14-4-3-9-24-14)12-5-7-13(18)8-6-12/h5-8,10,14,16H,3-4,9H2,1-2H3,(H2,19,20,23)/t14-,16+/m0/s1. The van der Waals surface area contributed by atoms with Gasteiger partial charge in [-0.15, -0.1) is 0 Å². The minimum atomic E-state index is -0.345. The van der Waals surface area contributed by atoms with Crippen LogP contribution in [0.3, 0.4) is 0 Å². The van der Waals surface area contributed by atoms with Gasteiger partial charge in [-0.2, -0.15) is 5.10 Å². The normalized spacial score (nSPS) is 18.4. The Bertz CT molecular complexity index is 708. The number of hydrogen-bond donors (Lipinski definition) is 2. The fourth-order valence-electron chi connectivity index (χ4n) is 2.95. The summed E-state index contributed by atoms with van der Waals surface area (Å²) in [6, 6.07) is 7.25. The summed E-state index contributed by atoms with van der Waals surface area (Å²) < 4.78 is 20.5. The average Bonchev–Trinajstić information content (AvgIpc) is 3.16.